The number of benzene rings is 1. The average molecular weight is 359 g/mol. The molecule has 0 saturated carbocycles. The maximum Gasteiger partial charge on any atom is 0.279 e. The van der Waals surface area contributed by atoms with Gasteiger partial charge < -0.3 is 19.4 Å². The molecule has 25 heavy (non-hydrogen) atoms. The first-order chi connectivity index (χ1) is 12.1. The van der Waals surface area contributed by atoms with Crippen LogP contribution in [0.4, 0.5) is 5.82 Å². The number of aromatic nitrogens is 2. The Bertz CT molecular complexity index is 925. The van der Waals surface area contributed by atoms with Gasteiger partial charge in [-0.2, -0.15) is 4.98 Å². The summed E-state index contributed by atoms with van der Waals surface area (Å²) < 4.78 is 12.5. The predicted molar refractivity (Wildman–Crippen MR) is 93.5 cm³/mol. The van der Waals surface area contributed by atoms with Gasteiger partial charge >= 0.3 is 0 Å². The Labute approximate surface area is 148 Å². The van der Waals surface area contributed by atoms with Crippen molar-refractivity contribution in [3.8, 4) is 11.5 Å². The van der Waals surface area contributed by atoms with Gasteiger partial charge in [0.1, 0.15) is 5.82 Å². The van der Waals surface area contributed by atoms with E-state index in [0.29, 0.717) is 28.0 Å². The summed E-state index contributed by atoms with van der Waals surface area (Å²) in [6.45, 7) is 2.17. The Morgan fingerprint density at radius 2 is 2.12 bits per heavy atom. The number of nitrogens with zero attached hydrogens (tertiary/aromatic N) is 2. The fourth-order valence-electron chi connectivity index (χ4n) is 3.21. The molecule has 8 heteroatoms. The van der Waals surface area contributed by atoms with Gasteiger partial charge in [0.15, 0.2) is 16.7 Å². The molecule has 7 nitrogen and oxygen atoms in total. The average Bonchev–Trinajstić information content (AvgIpc) is 3.06. The van der Waals surface area contributed by atoms with Gasteiger partial charge in [-0.1, -0.05) is 24.8 Å². The molecule has 1 N–H and O–H groups in total. The SMILES string of the molecule is CCSc1nc(=O)c2c(n1C)NC(=O)C[C@H]2c1ccc2c(c1)OCO2. The molecule has 0 spiro atoms. The first-order valence-electron chi connectivity index (χ1n) is 8.01. The van der Waals surface area contributed by atoms with E-state index in [4.69, 9.17) is 9.47 Å². The van der Waals surface area contributed by atoms with E-state index in [1.54, 1.807) is 4.57 Å². The second-order valence-electron chi connectivity index (χ2n) is 5.87. The molecule has 1 atom stereocenters. The molecule has 0 unspecified atom stereocenters. The molecule has 1 amide bonds. The van der Waals surface area contributed by atoms with E-state index >= 15 is 0 Å². The molecule has 3 heterocycles. The van der Waals surface area contributed by atoms with E-state index in [9.17, 15) is 9.59 Å². The number of hydrogen-bond acceptors (Lipinski definition) is 6. The quantitative estimate of drug-likeness (QED) is 0.667. The minimum Gasteiger partial charge on any atom is -0.454 e. The summed E-state index contributed by atoms with van der Waals surface area (Å²) in [4.78, 5) is 29.2. The molecule has 130 valence electrons. The van der Waals surface area contributed by atoms with Gasteiger partial charge in [-0.3, -0.25) is 9.59 Å². The van der Waals surface area contributed by atoms with Crippen LogP contribution >= 0.6 is 11.8 Å². The van der Waals surface area contributed by atoms with Crippen molar-refractivity contribution < 1.29 is 14.3 Å². The van der Waals surface area contributed by atoms with Crippen LogP contribution in [0, 0.1) is 0 Å². The summed E-state index contributed by atoms with van der Waals surface area (Å²) in [5, 5.41) is 3.43. The van der Waals surface area contributed by atoms with Crippen molar-refractivity contribution in [2.75, 3.05) is 17.9 Å². The maximum atomic E-state index is 12.7. The normalized spacial score (nSPS) is 18.0. The van der Waals surface area contributed by atoms with Gasteiger partial charge in [0, 0.05) is 19.4 Å². The number of amides is 1. The summed E-state index contributed by atoms with van der Waals surface area (Å²) >= 11 is 1.47. The van der Waals surface area contributed by atoms with Crippen LogP contribution in [0.15, 0.2) is 28.2 Å². The van der Waals surface area contributed by atoms with Gasteiger partial charge in [0.05, 0.1) is 5.56 Å². The van der Waals surface area contributed by atoms with Crippen LogP contribution in [0.25, 0.3) is 0 Å². The van der Waals surface area contributed by atoms with E-state index in [-0.39, 0.29) is 30.6 Å². The van der Waals surface area contributed by atoms with Crippen molar-refractivity contribution in [2.24, 2.45) is 7.05 Å². The van der Waals surface area contributed by atoms with Crippen molar-refractivity contribution in [1.29, 1.82) is 0 Å². The molecule has 2 aromatic rings. The van der Waals surface area contributed by atoms with E-state index in [1.165, 1.54) is 11.8 Å². The second-order valence-corrected chi connectivity index (χ2v) is 7.10. The molecular formula is C17H17N3O4S. The molecular weight excluding hydrogens is 342 g/mol. The van der Waals surface area contributed by atoms with Crippen molar-refractivity contribution in [1.82, 2.24) is 9.55 Å². The molecule has 4 rings (SSSR count). The van der Waals surface area contributed by atoms with Crippen LogP contribution in [0.2, 0.25) is 0 Å². The standard InChI is InChI=1S/C17H17N3O4S/c1-3-25-17-19-16(22)14-10(7-13(21)18-15(14)20(17)2)9-4-5-11-12(6-9)24-8-23-11/h4-6,10H,3,7-8H2,1-2H3,(H,18,21)/t10-/m0/s1. The summed E-state index contributed by atoms with van der Waals surface area (Å²) in [6, 6.07) is 5.52. The highest BCUT2D eigenvalue weighted by molar-refractivity contribution is 7.99. The predicted octanol–water partition coefficient (Wildman–Crippen LogP) is 2.10. The smallest absolute Gasteiger partial charge is 0.279 e. The highest BCUT2D eigenvalue weighted by Gasteiger charge is 2.32. The molecule has 0 saturated heterocycles. The lowest BCUT2D eigenvalue weighted by molar-refractivity contribution is -0.116. The Morgan fingerprint density at radius 3 is 2.92 bits per heavy atom. The summed E-state index contributed by atoms with van der Waals surface area (Å²) in [6.07, 6.45) is 0.198. The number of nitrogens with one attached hydrogen (secondary N) is 1. The molecule has 0 bridgehead atoms. The van der Waals surface area contributed by atoms with Gasteiger partial charge in [0.25, 0.3) is 5.56 Å². The molecule has 0 radical (unpaired) electrons. The first-order valence-corrected chi connectivity index (χ1v) is 9.00. The number of hydrogen-bond donors (Lipinski definition) is 1. The Hall–Kier alpha value is -2.48. The summed E-state index contributed by atoms with van der Waals surface area (Å²) in [5.41, 5.74) is 1.06. The second kappa shape index (κ2) is 6.11. The fraction of sp³-hybridized carbons (Fsp3) is 0.353. The van der Waals surface area contributed by atoms with Gasteiger partial charge in [-0.25, -0.2) is 0 Å². The van der Waals surface area contributed by atoms with E-state index in [2.05, 4.69) is 10.3 Å². The Kier molecular flexibility index (Phi) is 3.91. The molecule has 0 aliphatic carbocycles. The lowest BCUT2D eigenvalue weighted by Gasteiger charge is -2.27. The van der Waals surface area contributed by atoms with E-state index in [0.717, 1.165) is 11.3 Å². The van der Waals surface area contributed by atoms with Gasteiger partial charge in [-0.15, -0.1) is 0 Å². The van der Waals surface area contributed by atoms with Crippen LogP contribution in [-0.4, -0.2) is 28.0 Å². The third-order valence-corrected chi connectivity index (χ3v) is 5.29. The van der Waals surface area contributed by atoms with E-state index < -0.39 is 0 Å². The number of thioether (sulfide) groups is 1. The van der Waals surface area contributed by atoms with Gasteiger partial charge in [-0.05, 0) is 23.4 Å². The van der Waals surface area contributed by atoms with Crippen molar-refractivity contribution in [3.05, 3.63) is 39.7 Å². The van der Waals surface area contributed by atoms with Crippen LogP contribution < -0.4 is 20.3 Å². The molecule has 1 aromatic carbocycles. The van der Waals surface area contributed by atoms with Crippen LogP contribution in [0.5, 0.6) is 11.5 Å². The highest BCUT2D eigenvalue weighted by Crippen LogP contribution is 2.40. The number of rotatable bonds is 3. The summed E-state index contributed by atoms with van der Waals surface area (Å²) in [7, 11) is 1.81. The van der Waals surface area contributed by atoms with Crippen LogP contribution in [0.1, 0.15) is 30.4 Å². The number of ether oxygens (including phenoxy) is 2. The maximum absolute atomic E-state index is 12.7. The number of fused-ring (bicyclic) bond motifs is 2. The third-order valence-electron chi connectivity index (χ3n) is 4.37. The van der Waals surface area contributed by atoms with Crippen molar-refractivity contribution >= 4 is 23.5 Å². The Morgan fingerprint density at radius 1 is 1.32 bits per heavy atom. The number of anilines is 1. The molecule has 1 aromatic heterocycles. The lowest BCUT2D eigenvalue weighted by Crippen LogP contribution is -2.33. The fourth-order valence-corrected chi connectivity index (χ4v) is 3.90. The zero-order valence-electron chi connectivity index (χ0n) is 13.9. The molecule has 0 fully saturated rings. The minimum atomic E-state index is -0.356. The van der Waals surface area contributed by atoms with Crippen LogP contribution in [-0.2, 0) is 11.8 Å². The summed E-state index contributed by atoms with van der Waals surface area (Å²) in [5.74, 6) is 2.14. The number of carbonyl (C=O) groups excluding carboxylic acids is 1. The largest absolute Gasteiger partial charge is 0.454 e. The monoisotopic (exact) mass is 359 g/mol. The lowest BCUT2D eigenvalue weighted by atomic mass is 9.86. The first kappa shape index (κ1) is 16.0. The van der Waals surface area contributed by atoms with Crippen LogP contribution in [0.3, 0.4) is 0 Å². The molecule has 2 aliphatic rings. The topological polar surface area (TPSA) is 82.5 Å². The highest BCUT2D eigenvalue weighted by atomic mass is 32.2. The van der Waals surface area contributed by atoms with E-state index in [1.807, 2.05) is 32.2 Å². The minimum absolute atomic E-state index is 0.121. The van der Waals surface area contributed by atoms with Crippen molar-refractivity contribution in [2.45, 2.75) is 24.4 Å². The van der Waals surface area contributed by atoms with Gasteiger partial charge in [0.2, 0.25) is 12.7 Å². The Balaban J connectivity index is 1.86. The van der Waals surface area contributed by atoms with Crippen molar-refractivity contribution in [3.63, 3.8) is 0 Å². The zero-order chi connectivity index (χ0) is 17.6. The number of carbonyl (C=O) groups is 1. The third kappa shape index (κ3) is 2.66. The zero-order valence-corrected chi connectivity index (χ0v) is 14.7. The molecule has 2 aliphatic heterocycles.